The number of thiazole rings is 1. The van der Waals surface area contributed by atoms with Crippen LogP contribution in [0.4, 0.5) is 0 Å². The predicted molar refractivity (Wildman–Crippen MR) is 116 cm³/mol. The molecule has 0 bridgehead atoms. The van der Waals surface area contributed by atoms with Crippen LogP contribution >= 0.6 is 11.3 Å². The van der Waals surface area contributed by atoms with Crippen LogP contribution < -0.4 is 5.56 Å². The zero-order valence-corrected chi connectivity index (χ0v) is 18.0. The van der Waals surface area contributed by atoms with E-state index in [1.165, 1.54) is 36.4 Å². The van der Waals surface area contributed by atoms with E-state index in [9.17, 15) is 4.79 Å². The number of hydrogen-bond acceptors (Lipinski definition) is 6. The minimum Gasteiger partial charge on any atom is -0.299 e. The van der Waals surface area contributed by atoms with Gasteiger partial charge >= 0.3 is 0 Å². The lowest BCUT2D eigenvalue weighted by molar-refractivity contribution is 0.121. The number of nitrogens with zero attached hydrogens (tertiary/aromatic N) is 5. The highest BCUT2D eigenvalue weighted by Crippen LogP contribution is 2.35. The molecular formula is C22H31N5OS. The van der Waals surface area contributed by atoms with Gasteiger partial charge in [-0.05, 0) is 37.7 Å². The summed E-state index contributed by atoms with van der Waals surface area (Å²) in [5, 5.41) is 8.24. The fourth-order valence-electron chi connectivity index (χ4n) is 4.99. The van der Waals surface area contributed by atoms with Gasteiger partial charge < -0.3 is 0 Å². The van der Waals surface area contributed by atoms with Gasteiger partial charge in [0.05, 0.1) is 22.9 Å². The Hall–Kier alpha value is -1.57. The van der Waals surface area contributed by atoms with E-state index in [1.54, 1.807) is 10.7 Å². The summed E-state index contributed by atoms with van der Waals surface area (Å²) >= 11 is 1.86. The summed E-state index contributed by atoms with van der Waals surface area (Å²) in [4.78, 5) is 22.2. The van der Waals surface area contributed by atoms with Crippen molar-refractivity contribution in [3.63, 3.8) is 0 Å². The lowest BCUT2D eigenvalue weighted by atomic mass is 10.1. The number of hydrogen-bond donors (Lipinski definition) is 0. The third kappa shape index (κ3) is 4.47. The van der Waals surface area contributed by atoms with Crippen LogP contribution in [0.5, 0.6) is 0 Å². The second kappa shape index (κ2) is 8.66. The molecule has 0 atom stereocenters. The van der Waals surface area contributed by atoms with Crippen molar-refractivity contribution < 1.29 is 0 Å². The Labute approximate surface area is 176 Å². The molecule has 6 nitrogen and oxygen atoms in total. The third-order valence-corrected chi connectivity index (χ3v) is 7.83. The van der Waals surface area contributed by atoms with Gasteiger partial charge in [-0.2, -0.15) is 5.10 Å². The van der Waals surface area contributed by atoms with Crippen molar-refractivity contribution in [2.45, 2.75) is 64.0 Å². The molecule has 1 saturated heterocycles. The summed E-state index contributed by atoms with van der Waals surface area (Å²) in [5.74, 6) is 0.724. The quantitative estimate of drug-likeness (QED) is 0.729. The maximum Gasteiger partial charge on any atom is 0.267 e. The van der Waals surface area contributed by atoms with Gasteiger partial charge in [0, 0.05) is 56.6 Å². The fourth-order valence-corrected chi connectivity index (χ4v) is 5.97. The summed E-state index contributed by atoms with van der Waals surface area (Å²) in [6.07, 6.45) is 8.56. The Morgan fingerprint density at radius 3 is 2.62 bits per heavy atom. The van der Waals surface area contributed by atoms with Gasteiger partial charge in [-0.15, -0.1) is 11.3 Å². The lowest BCUT2D eigenvalue weighted by Gasteiger charge is -2.34. The molecule has 1 saturated carbocycles. The smallest absolute Gasteiger partial charge is 0.267 e. The van der Waals surface area contributed by atoms with Gasteiger partial charge in [-0.1, -0.05) is 12.8 Å². The molecule has 1 aliphatic heterocycles. The summed E-state index contributed by atoms with van der Waals surface area (Å²) < 4.78 is 1.68. The molecule has 7 heteroatoms. The molecule has 2 fully saturated rings. The van der Waals surface area contributed by atoms with Gasteiger partial charge in [0.2, 0.25) is 0 Å². The SMILES string of the molecule is O=c1cc2c(nn1CCN1CCN(Cc3csc(C4CCCC4)n3)CC1)CCC2. The molecule has 29 heavy (non-hydrogen) atoms. The average Bonchev–Trinajstić information content (AvgIpc) is 3.48. The minimum absolute atomic E-state index is 0.0610. The first-order valence-corrected chi connectivity index (χ1v) is 12.1. The van der Waals surface area contributed by atoms with Crippen LogP contribution in [0, 0.1) is 0 Å². The Morgan fingerprint density at radius 1 is 1.00 bits per heavy atom. The molecule has 2 aromatic rings. The molecule has 2 aromatic heterocycles. The standard InChI is InChI=1S/C22H31N5OS/c28-21-14-18-6-3-7-20(18)24-27(21)13-12-25-8-10-26(11-9-25)15-19-16-29-22(23-19)17-4-1-2-5-17/h14,16-17H,1-13,15H2. The highest BCUT2D eigenvalue weighted by molar-refractivity contribution is 7.09. The van der Waals surface area contributed by atoms with Gasteiger partial charge in [-0.3, -0.25) is 14.6 Å². The predicted octanol–water partition coefficient (Wildman–Crippen LogP) is 2.66. The van der Waals surface area contributed by atoms with Crippen molar-refractivity contribution in [3.05, 3.63) is 43.8 Å². The largest absolute Gasteiger partial charge is 0.299 e. The summed E-state index contributed by atoms with van der Waals surface area (Å²) in [6.45, 7) is 6.83. The fraction of sp³-hybridized carbons (Fsp3) is 0.682. The zero-order valence-electron chi connectivity index (χ0n) is 17.2. The molecular weight excluding hydrogens is 382 g/mol. The number of fused-ring (bicyclic) bond motifs is 1. The molecule has 0 N–H and O–H groups in total. The lowest BCUT2D eigenvalue weighted by Crippen LogP contribution is -2.47. The third-order valence-electron chi connectivity index (χ3n) is 6.78. The molecule has 3 aliphatic rings. The monoisotopic (exact) mass is 413 g/mol. The molecule has 5 rings (SSSR count). The highest BCUT2D eigenvalue weighted by atomic mass is 32.1. The van der Waals surface area contributed by atoms with E-state index in [0.717, 1.165) is 75.7 Å². The second-order valence-electron chi connectivity index (χ2n) is 8.81. The summed E-state index contributed by atoms with van der Waals surface area (Å²) in [5.41, 5.74) is 3.61. The van der Waals surface area contributed by atoms with Crippen LogP contribution in [0.3, 0.4) is 0 Å². The van der Waals surface area contributed by atoms with E-state index >= 15 is 0 Å². The van der Waals surface area contributed by atoms with E-state index in [1.807, 2.05) is 11.3 Å². The first kappa shape index (κ1) is 19.4. The van der Waals surface area contributed by atoms with E-state index in [-0.39, 0.29) is 5.56 Å². The van der Waals surface area contributed by atoms with Crippen LogP contribution in [0.1, 0.15) is 60.0 Å². The molecule has 0 aromatic carbocycles. The second-order valence-corrected chi connectivity index (χ2v) is 9.70. The van der Waals surface area contributed by atoms with Gasteiger partial charge in [0.1, 0.15) is 0 Å². The van der Waals surface area contributed by atoms with Crippen molar-refractivity contribution in [3.8, 4) is 0 Å². The topological polar surface area (TPSA) is 54.3 Å². The Kier molecular flexibility index (Phi) is 5.79. The molecule has 3 heterocycles. The Balaban J connectivity index is 1.09. The maximum atomic E-state index is 12.3. The van der Waals surface area contributed by atoms with Crippen LogP contribution in [-0.2, 0) is 25.9 Å². The first-order chi connectivity index (χ1) is 14.2. The van der Waals surface area contributed by atoms with Crippen LogP contribution in [0.2, 0.25) is 0 Å². The number of aromatic nitrogens is 3. The van der Waals surface area contributed by atoms with E-state index < -0.39 is 0 Å². The maximum absolute atomic E-state index is 12.3. The summed E-state index contributed by atoms with van der Waals surface area (Å²) in [7, 11) is 0. The van der Waals surface area contributed by atoms with Crippen molar-refractivity contribution in [2.75, 3.05) is 32.7 Å². The number of piperazine rings is 1. The van der Waals surface area contributed by atoms with Gasteiger partial charge in [-0.25, -0.2) is 9.67 Å². The van der Waals surface area contributed by atoms with Crippen molar-refractivity contribution in [2.24, 2.45) is 0 Å². The normalized spacial score (nSPS) is 21.1. The zero-order chi connectivity index (χ0) is 19.6. The van der Waals surface area contributed by atoms with Gasteiger partial charge in [0.15, 0.2) is 0 Å². The summed E-state index contributed by atoms with van der Waals surface area (Å²) in [6, 6.07) is 1.81. The van der Waals surface area contributed by atoms with E-state index in [4.69, 9.17) is 4.98 Å². The molecule has 2 aliphatic carbocycles. The first-order valence-electron chi connectivity index (χ1n) is 11.2. The van der Waals surface area contributed by atoms with E-state index in [2.05, 4.69) is 20.3 Å². The van der Waals surface area contributed by atoms with Crippen LogP contribution in [-0.4, -0.2) is 57.3 Å². The minimum atomic E-state index is 0.0610. The van der Waals surface area contributed by atoms with Gasteiger partial charge in [0.25, 0.3) is 5.56 Å². The Morgan fingerprint density at radius 2 is 1.79 bits per heavy atom. The van der Waals surface area contributed by atoms with E-state index in [0.29, 0.717) is 6.54 Å². The molecule has 156 valence electrons. The Bertz CT molecular complexity index is 893. The highest BCUT2D eigenvalue weighted by Gasteiger charge is 2.22. The molecule has 0 radical (unpaired) electrons. The van der Waals surface area contributed by atoms with Crippen molar-refractivity contribution in [1.82, 2.24) is 24.6 Å². The van der Waals surface area contributed by atoms with Crippen molar-refractivity contribution >= 4 is 11.3 Å². The molecule has 0 unspecified atom stereocenters. The van der Waals surface area contributed by atoms with Crippen molar-refractivity contribution in [1.29, 1.82) is 0 Å². The van der Waals surface area contributed by atoms with Crippen LogP contribution in [0.15, 0.2) is 16.2 Å². The molecule has 0 spiro atoms. The number of rotatable bonds is 6. The molecule has 0 amide bonds. The average molecular weight is 414 g/mol. The van der Waals surface area contributed by atoms with Crippen LogP contribution in [0.25, 0.3) is 0 Å². The number of aryl methyl sites for hydroxylation is 2.